The van der Waals surface area contributed by atoms with Crippen LogP contribution in [0.25, 0.3) is 0 Å². The normalized spacial score (nSPS) is 12.1. The molecule has 7 heteroatoms. The molecule has 0 aliphatic heterocycles. The molecule has 2 rings (SSSR count). The summed E-state index contributed by atoms with van der Waals surface area (Å²) in [6.07, 6.45) is 0.517. The summed E-state index contributed by atoms with van der Waals surface area (Å²) in [5, 5.41) is 12.8. The molecule has 0 saturated heterocycles. The van der Waals surface area contributed by atoms with Crippen LogP contribution in [0.2, 0.25) is 5.02 Å². The predicted octanol–water partition coefficient (Wildman–Crippen LogP) is 4.66. The van der Waals surface area contributed by atoms with Crippen molar-refractivity contribution >= 4 is 17.6 Å². The van der Waals surface area contributed by atoms with E-state index in [2.05, 4.69) is 5.32 Å². The summed E-state index contributed by atoms with van der Waals surface area (Å²) in [6, 6.07) is 8.73. The lowest BCUT2D eigenvalue weighted by Crippen LogP contribution is -2.37. The number of ether oxygens (including phenoxy) is 2. The minimum atomic E-state index is -0.893. The van der Waals surface area contributed by atoms with Gasteiger partial charge in [0.1, 0.15) is 18.5 Å². The fourth-order valence-electron chi connectivity index (χ4n) is 2.70. The van der Waals surface area contributed by atoms with E-state index in [0.29, 0.717) is 28.5 Å². The van der Waals surface area contributed by atoms with Crippen molar-refractivity contribution in [2.45, 2.75) is 39.5 Å². The van der Waals surface area contributed by atoms with Crippen molar-refractivity contribution in [1.82, 2.24) is 5.32 Å². The Morgan fingerprint density at radius 1 is 1.21 bits per heavy atom. The lowest BCUT2D eigenvalue weighted by Gasteiger charge is -2.18. The van der Waals surface area contributed by atoms with Crippen LogP contribution in [0.15, 0.2) is 36.4 Å². The number of benzene rings is 2. The van der Waals surface area contributed by atoms with Crippen LogP contribution < -0.4 is 14.8 Å². The van der Waals surface area contributed by atoms with Gasteiger partial charge in [-0.15, -0.1) is 0 Å². The van der Waals surface area contributed by atoms with Gasteiger partial charge in [-0.2, -0.15) is 0 Å². The summed E-state index contributed by atoms with van der Waals surface area (Å²) in [5.41, 5.74) is 1.52. The quantitative estimate of drug-likeness (QED) is 0.597. The van der Waals surface area contributed by atoms with Gasteiger partial charge < -0.3 is 19.9 Å². The third-order valence-corrected chi connectivity index (χ3v) is 4.54. The molecule has 0 saturated carbocycles. The molecule has 0 amide bonds. The standard InChI is InChI=1S/C21H25ClFNO4/c1-13(2)8-18(21(25)26)24-11-15-9-19(27-3)20(10-17(15)22)28-12-14-4-6-16(23)7-5-14/h4-7,9-10,13,18,24H,8,11-12H2,1-3H3,(H,25,26). The highest BCUT2D eigenvalue weighted by Crippen LogP contribution is 2.34. The number of carboxylic acid groups (broad SMARTS) is 1. The first kappa shape index (κ1) is 22.0. The summed E-state index contributed by atoms with van der Waals surface area (Å²) in [7, 11) is 1.52. The first-order chi connectivity index (χ1) is 13.3. The van der Waals surface area contributed by atoms with Gasteiger partial charge in [0.25, 0.3) is 0 Å². The molecule has 2 N–H and O–H groups in total. The zero-order valence-electron chi connectivity index (χ0n) is 16.2. The second-order valence-electron chi connectivity index (χ2n) is 6.91. The van der Waals surface area contributed by atoms with Gasteiger partial charge >= 0.3 is 5.97 Å². The Kier molecular flexibility index (Phi) is 8.08. The van der Waals surface area contributed by atoms with E-state index in [1.54, 1.807) is 24.3 Å². The molecule has 1 unspecified atom stereocenters. The van der Waals surface area contributed by atoms with Gasteiger partial charge in [-0.05, 0) is 41.7 Å². The maximum absolute atomic E-state index is 13.0. The van der Waals surface area contributed by atoms with Crippen LogP contribution in [0.4, 0.5) is 4.39 Å². The third-order valence-electron chi connectivity index (χ3n) is 4.18. The smallest absolute Gasteiger partial charge is 0.320 e. The van der Waals surface area contributed by atoms with Gasteiger partial charge in [-0.3, -0.25) is 4.79 Å². The number of hydrogen-bond donors (Lipinski definition) is 2. The summed E-state index contributed by atoms with van der Waals surface area (Å²) in [5.74, 6) is -0.00756. The molecule has 0 fully saturated rings. The molecule has 2 aromatic rings. The SMILES string of the molecule is COc1cc(CNC(CC(C)C)C(=O)O)c(Cl)cc1OCc1ccc(F)cc1. The maximum Gasteiger partial charge on any atom is 0.320 e. The molecular formula is C21H25ClFNO4. The summed E-state index contributed by atoms with van der Waals surface area (Å²) in [6.45, 7) is 4.47. The molecule has 152 valence electrons. The summed E-state index contributed by atoms with van der Waals surface area (Å²) < 4.78 is 24.1. The lowest BCUT2D eigenvalue weighted by molar-refractivity contribution is -0.140. The van der Waals surface area contributed by atoms with Crippen LogP contribution in [0, 0.1) is 11.7 Å². The van der Waals surface area contributed by atoms with Crippen molar-refractivity contribution < 1.29 is 23.8 Å². The average molecular weight is 410 g/mol. The Bertz CT molecular complexity index is 796. The minimum Gasteiger partial charge on any atom is -0.493 e. The van der Waals surface area contributed by atoms with E-state index in [1.165, 1.54) is 19.2 Å². The summed E-state index contributed by atoms with van der Waals surface area (Å²) in [4.78, 5) is 11.4. The van der Waals surface area contributed by atoms with Gasteiger partial charge in [-0.25, -0.2) is 4.39 Å². The predicted molar refractivity (Wildman–Crippen MR) is 106 cm³/mol. The highest BCUT2D eigenvalue weighted by Gasteiger charge is 2.19. The molecular weight excluding hydrogens is 385 g/mol. The van der Waals surface area contributed by atoms with E-state index in [4.69, 9.17) is 21.1 Å². The van der Waals surface area contributed by atoms with Crippen LogP contribution >= 0.6 is 11.6 Å². The Balaban J connectivity index is 2.09. The number of halogens is 2. The Morgan fingerprint density at radius 2 is 1.89 bits per heavy atom. The van der Waals surface area contributed by atoms with Crippen molar-refractivity contribution in [2.24, 2.45) is 5.92 Å². The molecule has 0 bridgehead atoms. The number of carbonyl (C=O) groups is 1. The molecule has 28 heavy (non-hydrogen) atoms. The van der Waals surface area contributed by atoms with E-state index in [-0.39, 0.29) is 24.9 Å². The highest BCUT2D eigenvalue weighted by atomic mass is 35.5. The fourth-order valence-corrected chi connectivity index (χ4v) is 2.92. The summed E-state index contributed by atoms with van der Waals surface area (Å²) >= 11 is 6.36. The van der Waals surface area contributed by atoms with Gasteiger partial charge in [0.05, 0.1) is 7.11 Å². The zero-order chi connectivity index (χ0) is 20.7. The lowest BCUT2D eigenvalue weighted by atomic mass is 10.0. The zero-order valence-corrected chi connectivity index (χ0v) is 16.9. The molecule has 5 nitrogen and oxygen atoms in total. The Hall–Kier alpha value is -2.31. The third kappa shape index (κ3) is 6.39. The number of methoxy groups -OCH3 is 1. The van der Waals surface area contributed by atoms with E-state index < -0.39 is 12.0 Å². The molecule has 0 heterocycles. The van der Waals surface area contributed by atoms with Crippen LogP contribution in [-0.4, -0.2) is 24.2 Å². The van der Waals surface area contributed by atoms with Gasteiger partial charge in [0.2, 0.25) is 0 Å². The number of aliphatic carboxylic acids is 1. The molecule has 0 aliphatic rings. The number of nitrogens with one attached hydrogen (secondary N) is 1. The number of rotatable bonds is 10. The molecule has 2 aromatic carbocycles. The van der Waals surface area contributed by atoms with Crippen LogP contribution in [-0.2, 0) is 17.9 Å². The van der Waals surface area contributed by atoms with E-state index in [0.717, 1.165) is 5.56 Å². The fraction of sp³-hybridized carbons (Fsp3) is 0.381. The van der Waals surface area contributed by atoms with E-state index >= 15 is 0 Å². The van der Waals surface area contributed by atoms with Gasteiger partial charge in [-0.1, -0.05) is 37.6 Å². The van der Waals surface area contributed by atoms with Crippen molar-refractivity contribution in [3.63, 3.8) is 0 Å². The van der Waals surface area contributed by atoms with Gasteiger partial charge in [0.15, 0.2) is 11.5 Å². The second-order valence-corrected chi connectivity index (χ2v) is 7.32. The van der Waals surface area contributed by atoms with E-state index in [9.17, 15) is 14.3 Å². The van der Waals surface area contributed by atoms with Crippen LogP contribution in [0.5, 0.6) is 11.5 Å². The van der Waals surface area contributed by atoms with Crippen LogP contribution in [0.3, 0.4) is 0 Å². The number of carboxylic acids is 1. The van der Waals surface area contributed by atoms with Crippen molar-refractivity contribution in [3.05, 3.63) is 58.4 Å². The maximum atomic E-state index is 13.0. The molecule has 0 aromatic heterocycles. The first-order valence-electron chi connectivity index (χ1n) is 9.00. The van der Waals surface area contributed by atoms with E-state index in [1.807, 2.05) is 13.8 Å². The monoisotopic (exact) mass is 409 g/mol. The number of hydrogen-bond acceptors (Lipinski definition) is 4. The minimum absolute atomic E-state index is 0.236. The molecule has 1 atom stereocenters. The second kappa shape index (κ2) is 10.3. The van der Waals surface area contributed by atoms with Gasteiger partial charge in [0, 0.05) is 17.6 Å². The molecule has 0 radical (unpaired) electrons. The highest BCUT2D eigenvalue weighted by molar-refractivity contribution is 6.31. The topological polar surface area (TPSA) is 67.8 Å². The van der Waals surface area contributed by atoms with Crippen molar-refractivity contribution in [1.29, 1.82) is 0 Å². The molecule has 0 aliphatic carbocycles. The largest absolute Gasteiger partial charge is 0.493 e. The van der Waals surface area contributed by atoms with Crippen molar-refractivity contribution in [2.75, 3.05) is 7.11 Å². The average Bonchev–Trinajstić information content (AvgIpc) is 2.65. The Morgan fingerprint density at radius 3 is 2.46 bits per heavy atom. The first-order valence-corrected chi connectivity index (χ1v) is 9.37. The Labute approximate surface area is 169 Å². The molecule has 0 spiro atoms. The van der Waals surface area contributed by atoms with Crippen molar-refractivity contribution in [3.8, 4) is 11.5 Å². The van der Waals surface area contributed by atoms with Crippen LogP contribution in [0.1, 0.15) is 31.4 Å².